The molecule has 0 spiro atoms. The third-order valence-electron chi connectivity index (χ3n) is 3.48. The Kier molecular flexibility index (Phi) is 5.67. The van der Waals surface area contributed by atoms with E-state index in [1.807, 2.05) is 0 Å². The fourth-order valence-corrected chi connectivity index (χ4v) is 3.61. The van der Waals surface area contributed by atoms with Gasteiger partial charge in [0.05, 0.1) is 24.3 Å². The Morgan fingerprint density at radius 3 is 2.81 bits per heavy atom. The van der Waals surface area contributed by atoms with Crippen molar-refractivity contribution in [2.75, 3.05) is 12.3 Å². The van der Waals surface area contributed by atoms with Crippen LogP contribution in [0.5, 0.6) is 0 Å². The molecule has 0 aliphatic heterocycles. The lowest BCUT2D eigenvalue weighted by Gasteiger charge is -2.09. The molecule has 1 aliphatic carbocycles. The van der Waals surface area contributed by atoms with E-state index in [0.717, 1.165) is 0 Å². The average Bonchev–Trinajstić information content (AvgIpc) is 2.94. The summed E-state index contributed by atoms with van der Waals surface area (Å²) in [5.41, 5.74) is 5.64. The molecule has 21 heavy (non-hydrogen) atoms. The molecular weight excluding hydrogens is 290 g/mol. The fourth-order valence-electron chi connectivity index (χ4n) is 2.41. The van der Waals surface area contributed by atoms with E-state index in [0.29, 0.717) is 16.8 Å². The summed E-state index contributed by atoms with van der Waals surface area (Å²) in [5, 5.41) is 0.649. The van der Waals surface area contributed by atoms with Crippen LogP contribution in [0.15, 0.2) is 4.79 Å². The fraction of sp³-hybridized carbons (Fsp3) is 0.643. The van der Waals surface area contributed by atoms with E-state index in [-0.39, 0.29) is 30.0 Å². The first-order valence-corrected chi connectivity index (χ1v) is 8.29. The molecule has 0 atom stereocenters. The lowest BCUT2D eigenvalue weighted by atomic mass is 10.2. The van der Waals surface area contributed by atoms with Gasteiger partial charge in [-0.25, -0.2) is 4.98 Å². The number of anilines is 1. The highest BCUT2D eigenvalue weighted by atomic mass is 32.2. The Balaban J connectivity index is 2.02. The number of ether oxygens (including phenoxy) is 1. The predicted octanol–water partition coefficient (Wildman–Crippen LogP) is 1.63. The summed E-state index contributed by atoms with van der Waals surface area (Å²) in [6, 6.07) is 0. The maximum absolute atomic E-state index is 12.0. The van der Waals surface area contributed by atoms with Crippen molar-refractivity contribution in [3.63, 3.8) is 0 Å². The van der Waals surface area contributed by atoms with E-state index in [1.165, 1.54) is 25.7 Å². The minimum absolute atomic E-state index is 0.119. The van der Waals surface area contributed by atoms with E-state index in [1.54, 1.807) is 18.7 Å². The molecule has 116 valence electrons. The molecule has 1 aromatic heterocycles. The number of nitrogens with one attached hydrogen (secondary N) is 1. The molecule has 1 saturated carbocycles. The first-order chi connectivity index (χ1) is 10.1. The Morgan fingerprint density at radius 2 is 2.19 bits per heavy atom. The zero-order chi connectivity index (χ0) is 15.2. The number of nitrogens with two attached hydrogens (primary N) is 1. The third kappa shape index (κ3) is 4.49. The molecule has 1 fully saturated rings. The SMILES string of the molecule is CCOC(=O)Cc1c(N)nc(CSC2CCCC2)[nH]c1=O. The van der Waals surface area contributed by atoms with Gasteiger partial charge in [0.25, 0.3) is 5.56 Å². The van der Waals surface area contributed by atoms with Crippen molar-refractivity contribution in [2.45, 2.75) is 50.0 Å². The normalized spacial score (nSPS) is 15.3. The van der Waals surface area contributed by atoms with Crippen molar-refractivity contribution in [2.24, 2.45) is 0 Å². The lowest BCUT2D eigenvalue weighted by molar-refractivity contribution is -0.142. The molecule has 0 aromatic carbocycles. The number of aromatic nitrogens is 2. The smallest absolute Gasteiger partial charge is 0.310 e. The van der Waals surface area contributed by atoms with E-state index in [9.17, 15) is 9.59 Å². The van der Waals surface area contributed by atoms with Crippen molar-refractivity contribution >= 4 is 23.5 Å². The summed E-state index contributed by atoms with van der Waals surface area (Å²) in [4.78, 5) is 30.4. The standard InChI is InChI=1S/C14H21N3O3S/c1-2-20-12(18)7-10-13(15)16-11(17-14(10)19)8-21-9-5-3-4-6-9/h9H,2-8H2,1H3,(H3,15,16,17,19). The molecule has 6 nitrogen and oxygen atoms in total. The number of hydrogen-bond donors (Lipinski definition) is 2. The molecule has 3 N–H and O–H groups in total. The summed E-state index contributed by atoms with van der Waals surface area (Å²) in [7, 11) is 0. The second-order valence-corrected chi connectivity index (χ2v) is 6.36. The summed E-state index contributed by atoms with van der Waals surface area (Å²) in [6.07, 6.45) is 4.87. The number of hydrogen-bond acceptors (Lipinski definition) is 6. The molecule has 0 unspecified atom stereocenters. The zero-order valence-corrected chi connectivity index (χ0v) is 13.0. The summed E-state index contributed by atoms with van der Waals surface area (Å²) >= 11 is 1.80. The quantitative estimate of drug-likeness (QED) is 0.775. The lowest BCUT2D eigenvalue weighted by Crippen LogP contribution is -2.23. The van der Waals surface area contributed by atoms with Crippen molar-refractivity contribution < 1.29 is 9.53 Å². The minimum atomic E-state index is -0.468. The van der Waals surface area contributed by atoms with Gasteiger partial charge in [0.1, 0.15) is 11.6 Å². The van der Waals surface area contributed by atoms with Crippen LogP contribution in [0, 0.1) is 0 Å². The van der Waals surface area contributed by atoms with Crippen LogP contribution in [-0.4, -0.2) is 27.8 Å². The summed E-state index contributed by atoms with van der Waals surface area (Å²) in [5.74, 6) is 0.865. The second kappa shape index (κ2) is 7.49. The molecular formula is C14H21N3O3S. The van der Waals surface area contributed by atoms with Crippen LogP contribution in [0.1, 0.15) is 44.0 Å². The van der Waals surface area contributed by atoms with Crippen molar-refractivity contribution in [3.8, 4) is 0 Å². The second-order valence-electron chi connectivity index (χ2n) is 5.08. The van der Waals surface area contributed by atoms with Gasteiger partial charge < -0.3 is 15.5 Å². The molecule has 7 heteroatoms. The maximum Gasteiger partial charge on any atom is 0.310 e. The van der Waals surface area contributed by atoms with Crippen LogP contribution < -0.4 is 11.3 Å². The van der Waals surface area contributed by atoms with Gasteiger partial charge in [-0.15, -0.1) is 0 Å². The highest BCUT2D eigenvalue weighted by molar-refractivity contribution is 7.99. The van der Waals surface area contributed by atoms with Crippen LogP contribution >= 0.6 is 11.8 Å². The van der Waals surface area contributed by atoms with Crippen LogP contribution in [0.4, 0.5) is 5.82 Å². The number of aromatic amines is 1. The molecule has 1 heterocycles. The van der Waals surface area contributed by atoms with Gasteiger partial charge >= 0.3 is 5.97 Å². The number of carbonyl (C=O) groups is 1. The molecule has 0 amide bonds. The molecule has 2 rings (SSSR count). The largest absolute Gasteiger partial charge is 0.466 e. The minimum Gasteiger partial charge on any atom is -0.466 e. The van der Waals surface area contributed by atoms with Gasteiger partial charge in [-0.1, -0.05) is 12.8 Å². The van der Waals surface area contributed by atoms with Crippen molar-refractivity contribution in [1.29, 1.82) is 0 Å². The number of nitrogen functional groups attached to an aromatic ring is 1. The molecule has 0 radical (unpaired) electrons. The van der Waals surface area contributed by atoms with Crippen LogP contribution in [0.25, 0.3) is 0 Å². The van der Waals surface area contributed by atoms with Gasteiger partial charge in [0.2, 0.25) is 0 Å². The Bertz CT molecular complexity index is 553. The topological polar surface area (TPSA) is 98.1 Å². The highest BCUT2D eigenvalue weighted by Gasteiger charge is 2.17. The van der Waals surface area contributed by atoms with Gasteiger partial charge in [-0.3, -0.25) is 9.59 Å². The van der Waals surface area contributed by atoms with Gasteiger partial charge in [-0.05, 0) is 19.8 Å². The maximum atomic E-state index is 12.0. The molecule has 1 aromatic rings. The number of carbonyl (C=O) groups excluding carboxylic acids is 1. The molecule has 0 bridgehead atoms. The number of H-pyrrole nitrogens is 1. The highest BCUT2D eigenvalue weighted by Crippen LogP contribution is 2.30. The van der Waals surface area contributed by atoms with Crippen molar-refractivity contribution in [1.82, 2.24) is 9.97 Å². The van der Waals surface area contributed by atoms with Crippen LogP contribution in [-0.2, 0) is 21.7 Å². The Morgan fingerprint density at radius 1 is 1.48 bits per heavy atom. The van der Waals surface area contributed by atoms with Gasteiger partial charge in [-0.2, -0.15) is 11.8 Å². The van der Waals surface area contributed by atoms with E-state index >= 15 is 0 Å². The van der Waals surface area contributed by atoms with Crippen molar-refractivity contribution in [3.05, 3.63) is 21.7 Å². The monoisotopic (exact) mass is 311 g/mol. The number of esters is 1. The van der Waals surface area contributed by atoms with E-state index < -0.39 is 5.97 Å². The van der Waals surface area contributed by atoms with E-state index in [2.05, 4.69) is 9.97 Å². The van der Waals surface area contributed by atoms with Crippen LogP contribution in [0.3, 0.4) is 0 Å². The molecule has 0 saturated heterocycles. The van der Waals surface area contributed by atoms with E-state index in [4.69, 9.17) is 10.5 Å². The third-order valence-corrected chi connectivity index (χ3v) is 4.86. The zero-order valence-electron chi connectivity index (χ0n) is 12.2. The number of nitrogens with zero attached hydrogens (tertiary/aromatic N) is 1. The predicted molar refractivity (Wildman–Crippen MR) is 83.2 cm³/mol. The molecule has 1 aliphatic rings. The average molecular weight is 311 g/mol. The number of thioether (sulfide) groups is 1. The van der Waals surface area contributed by atoms with Gasteiger partial charge in [0, 0.05) is 5.25 Å². The number of rotatable bonds is 6. The summed E-state index contributed by atoms with van der Waals surface area (Å²) < 4.78 is 4.82. The summed E-state index contributed by atoms with van der Waals surface area (Å²) in [6.45, 7) is 1.99. The van der Waals surface area contributed by atoms with Gasteiger partial charge in [0.15, 0.2) is 0 Å². The van der Waals surface area contributed by atoms with Crippen LogP contribution in [0.2, 0.25) is 0 Å². The first kappa shape index (κ1) is 15.9. The first-order valence-electron chi connectivity index (χ1n) is 7.25. The Labute approximate surface area is 127 Å². The Hall–Kier alpha value is -1.50.